The van der Waals surface area contributed by atoms with Crippen LogP contribution in [0.25, 0.3) is 0 Å². The first kappa shape index (κ1) is 20.3. The number of nitrogens with zero attached hydrogens (tertiary/aromatic N) is 3. The minimum absolute atomic E-state index is 0.0412. The van der Waals surface area contributed by atoms with E-state index in [2.05, 4.69) is 10.2 Å². The molecule has 1 amide bonds. The normalized spacial score (nSPS) is 14.4. The first-order valence-corrected chi connectivity index (χ1v) is 9.45. The van der Waals surface area contributed by atoms with Crippen molar-refractivity contribution in [1.82, 2.24) is 10.2 Å². The van der Waals surface area contributed by atoms with Crippen LogP contribution in [0.2, 0.25) is 0 Å². The number of carbonyl (C=O) groups excluding carboxylic acids is 1. The first-order chi connectivity index (χ1) is 14.1. The van der Waals surface area contributed by atoms with Crippen molar-refractivity contribution in [2.45, 2.75) is 6.42 Å². The lowest BCUT2D eigenvalue weighted by atomic mass is 10.1. The van der Waals surface area contributed by atoms with Gasteiger partial charge in [-0.05, 0) is 48.4 Å². The second-order valence-electron chi connectivity index (χ2n) is 6.76. The molecule has 2 aromatic carbocycles. The molecule has 0 aromatic heterocycles. The number of anilines is 1. The molecule has 1 N–H and O–H groups in total. The Morgan fingerprint density at radius 3 is 2.45 bits per heavy atom. The Bertz CT molecular complexity index is 913. The Hall–Kier alpha value is -3.40. The van der Waals surface area contributed by atoms with Crippen LogP contribution in [0.15, 0.2) is 60.3 Å². The molecule has 1 saturated heterocycles. The monoisotopic (exact) mass is 396 g/mol. The number of benzene rings is 2. The predicted molar refractivity (Wildman–Crippen MR) is 107 cm³/mol. The largest absolute Gasteiger partial charge is 0.389 e. The second kappa shape index (κ2) is 9.69. The molecule has 1 heterocycles. The fourth-order valence-corrected chi connectivity index (χ4v) is 3.22. The summed E-state index contributed by atoms with van der Waals surface area (Å²) in [7, 11) is 0. The van der Waals surface area contributed by atoms with Gasteiger partial charge in [0.05, 0.1) is 0 Å². The summed E-state index contributed by atoms with van der Waals surface area (Å²) in [4.78, 5) is 16.3. The lowest BCUT2D eigenvalue weighted by Gasteiger charge is -2.36. The predicted octanol–water partition coefficient (Wildman–Crippen LogP) is 2.85. The summed E-state index contributed by atoms with van der Waals surface area (Å²) in [6.45, 7) is 2.68. The molecular formula is C22H22F2N4O. The molecule has 0 spiro atoms. The average molecular weight is 396 g/mol. The third-order valence-corrected chi connectivity index (χ3v) is 4.80. The van der Waals surface area contributed by atoms with Crippen LogP contribution in [-0.2, 0) is 11.2 Å². The van der Waals surface area contributed by atoms with Crippen molar-refractivity contribution in [3.05, 3.63) is 77.5 Å². The van der Waals surface area contributed by atoms with Crippen molar-refractivity contribution in [3.8, 4) is 6.07 Å². The highest BCUT2D eigenvalue weighted by atomic mass is 19.1. The summed E-state index contributed by atoms with van der Waals surface area (Å²) in [5, 5.41) is 12.3. The Labute approximate surface area is 168 Å². The van der Waals surface area contributed by atoms with Crippen molar-refractivity contribution in [1.29, 1.82) is 5.26 Å². The maximum absolute atomic E-state index is 13.2. The van der Waals surface area contributed by atoms with Gasteiger partial charge in [-0.1, -0.05) is 12.1 Å². The van der Waals surface area contributed by atoms with Crippen molar-refractivity contribution in [3.63, 3.8) is 0 Å². The fraction of sp³-hybridized carbons (Fsp3) is 0.273. The van der Waals surface area contributed by atoms with Crippen molar-refractivity contribution in [2.75, 3.05) is 37.6 Å². The minimum Gasteiger partial charge on any atom is -0.389 e. The topological polar surface area (TPSA) is 59.4 Å². The molecular weight excluding hydrogens is 374 g/mol. The Balaban J connectivity index is 1.49. The molecule has 0 saturated carbocycles. The van der Waals surface area contributed by atoms with E-state index in [1.165, 1.54) is 30.5 Å². The number of halogens is 2. The van der Waals surface area contributed by atoms with Crippen LogP contribution in [0, 0.1) is 23.0 Å². The number of nitrogens with one attached hydrogen (secondary N) is 1. The summed E-state index contributed by atoms with van der Waals surface area (Å²) in [5.41, 5.74) is 1.79. The maximum atomic E-state index is 13.2. The van der Waals surface area contributed by atoms with E-state index in [1.54, 1.807) is 23.1 Å². The zero-order valence-corrected chi connectivity index (χ0v) is 15.9. The Kier molecular flexibility index (Phi) is 6.80. The van der Waals surface area contributed by atoms with Crippen molar-refractivity contribution in [2.24, 2.45) is 0 Å². The van der Waals surface area contributed by atoms with Crippen LogP contribution < -0.4 is 10.2 Å². The van der Waals surface area contributed by atoms with Crippen LogP contribution >= 0.6 is 0 Å². The first-order valence-electron chi connectivity index (χ1n) is 9.45. The molecule has 3 rings (SSSR count). The molecule has 0 atom stereocenters. The molecule has 0 aliphatic carbocycles. The van der Waals surface area contributed by atoms with Gasteiger partial charge >= 0.3 is 0 Å². The molecule has 5 nitrogen and oxygen atoms in total. The zero-order chi connectivity index (χ0) is 20.6. The van der Waals surface area contributed by atoms with E-state index in [4.69, 9.17) is 0 Å². The van der Waals surface area contributed by atoms with E-state index in [0.29, 0.717) is 39.1 Å². The van der Waals surface area contributed by atoms with E-state index in [9.17, 15) is 18.8 Å². The molecule has 1 fully saturated rings. The smallest absolute Gasteiger partial charge is 0.266 e. The van der Waals surface area contributed by atoms with Gasteiger partial charge in [-0.2, -0.15) is 5.26 Å². The maximum Gasteiger partial charge on any atom is 0.266 e. The summed E-state index contributed by atoms with van der Waals surface area (Å²) < 4.78 is 26.2. The zero-order valence-electron chi connectivity index (χ0n) is 15.9. The highest BCUT2D eigenvalue weighted by Crippen LogP contribution is 2.17. The number of hydrogen-bond donors (Lipinski definition) is 1. The average Bonchev–Trinajstić information content (AvgIpc) is 2.74. The molecule has 0 unspecified atom stereocenters. The van der Waals surface area contributed by atoms with Crippen LogP contribution in [0.4, 0.5) is 14.5 Å². The molecule has 0 radical (unpaired) electrons. The van der Waals surface area contributed by atoms with Gasteiger partial charge in [0.15, 0.2) is 0 Å². The highest BCUT2D eigenvalue weighted by molar-refractivity contribution is 5.97. The van der Waals surface area contributed by atoms with E-state index >= 15 is 0 Å². The quantitative estimate of drug-likeness (QED) is 0.463. The van der Waals surface area contributed by atoms with Crippen LogP contribution in [0.1, 0.15) is 5.56 Å². The molecule has 2 aromatic rings. The van der Waals surface area contributed by atoms with E-state index in [-0.39, 0.29) is 23.1 Å². The number of piperazine rings is 1. The molecule has 29 heavy (non-hydrogen) atoms. The van der Waals surface area contributed by atoms with Crippen LogP contribution in [-0.4, -0.2) is 43.5 Å². The molecule has 150 valence electrons. The molecule has 7 heteroatoms. The van der Waals surface area contributed by atoms with Gasteiger partial charge in [-0.15, -0.1) is 0 Å². The van der Waals surface area contributed by atoms with E-state index in [0.717, 1.165) is 11.3 Å². The summed E-state index contributed by atoms with van der Waals surface area (Å²) in [6, 6.07) is 14.5. The number of hydrogen-bond acceptors (Lipinski definition) is 4. The van der Waals surface area contributed by atoms with Crippen LogP contribution in [0.3, 0.4) is 0 Å². The summed E-state index contributed by atoms with van der Waals surface area (Å²) in [6.07, 6.45) is 2.01. The summed E-state index contributed by atoms with van der Waals surface area (Å²) in [5.74, 6) is -0.883. The standard InChI is InChI=1S/C22H22F2N4O/c23-19-4-6-21(7-5-19)27-10-12-28(13-11-27)22(29)18(15-25)16-26-9-8-17-2-1-3-20(24)14-17/h1-7,14,16,26H,8-13H2/b18-16-. The van der Waals surface area contributed by atoms with E-state index in [1.807, 2.05) is 12.1 Å². The number of nitriles is 1. The van der Waals surface area contributed by atoms with Crippen molar-refractivity contribution >= 4 is 11.6 Å². The molecule has 1 aliphatic heterocycles. The lowest BCUT2D eigenvalue weighted by molar-refractivity contribution is -0.127. The van der Waals surface area contributed by atoms with Gasteiger partial charge < -0.3 is 15.1 Å². The summed E-state index contributed by atoms with van der Waals surface area (Å²) >= 11 is 0. The third kappa shape index (κ3) is 5.55. The Morgan fingerprint density at radius 2 is 1.79 bits per heavy atom. The van der Waals surface area contributed by atoms with Crippen molar-refractivity contribution < 1.29 is 13.6 Å². The minimum atomic E-state index is -0.315. The van der Waals surface area contributed by atoms with Gasteiger partial charge in [0.25, 0.3) is 5.91 Å². The van der Waals surface area contributed by atoms with Gasteiger partial charge in [-0.3, -0.25) is 4.79 Å². The molecule has 0 bridgehead atoms. The van der Waals surface area contributed by atoms with Gasteiger partial charge in [0.1, 0.15) is 23.3 Å². The highest BCUT2D eigenvalue weighted by Gasteiger charge is 2.23. The SMILES string of the molecule is N#C/C(=C/NCCc1cccc(F)c1)C(=O)N1CCN(c2ccc(F)cc2)CC1. The number of carbonyl (C=O) groups is 1. The third-order valence-electron chi connectivity index (χ3n) is 4.80. The Morgan fingerprint density at radius 1 is 1.07 bits per heavy atom. The van der Waals surface area contributed by atoms with Gasteiger partial charge in [0.2, 0.25) is 0 Å². The van der Waals surface area contributed by atoms with Gasteiger partial charge in [-0.25, -0.2) is 8.78 Å². The fourth-order valence-electron chi connectivity index (χ4n) is 3.22. The van der Waals surface area contributed by atoms with Gasteiger partial charge in [0, 0.05) is 44.6 Å². The number of rotatable bonds is 6. The van der Waals surface area contributed by atoms with Crippen LogP contribution in [0.5, 0.6) is 0 Å². The second-order valence-corrected chi connectivity index (χ2v) is 6.76. The lowest BCUT2D eigenvalue weighted by Crippen LogP contribution is -2.49. The van der Waals surface area contributed by atoms with E-state index < -0.39 is 0 Å². The molecule has 1 aliphatic rings. The number of amides is 1.